The summed E-state index contributed by atoms with van der Waals surface area (Å²) in [4.78, 5) is 33.7. The number of carbonyl (C=O) groups is 2. The van der Waals surface area contributed by atoms with Crippen molar-refractivity contribution in [1.29, 1.82) is 0 Å². The lowest BCUT2D eigenvalue weighted by Crippen LogP contribution is -2.40. The Labute approximate surface area is 221 Å². The van der Waals surface area contributed by atoms with Crippen molar-refractivity contribution in [2.45, 2.75) is 12.8 Å². The Morgan fingerprint density at radius 1 is 1.19 bits per heavy atom. The van der Waals surface area contributed by atoms with Gasteiger partial charge in [-0.1, -0.05) is 18.2 Å². The number of aromatic nitrogens is 1. The fourth-order valence-corrected chi connectivity index (χ4v) is 5.53. The highest BCUT2D eigenvalue weighted by molar-refractivity contribution is 9.11. The minimum atomic E-state index is -0.260. The van der Waals surface area contributed by atoms with E-state index in [2.05, 4.69) is 26.2 Å². The van der Waals surface area contributed by atoms with E-state index in [0.717, 1.165) is 23.3 Å². The molecule has 1 aliphatic heterocycles. The number of hydrogen-bond acceptors (Lipinski definition) is 7. The van der Waals surface area contributed by atoms with Gasteiger partial charge in [-0.05, 0) is 64.5 Å². The van der Waals surface area contributed by atoms with Gasteiger partial charge < -0.3 is 24.4 Å². The summed E-state index contributed by atoms with van der Waals surface area (Å²) in [6.07, 6.45) is 2.21. The smallest absolute Gasteiger partial charge is 0.274 e. The van der Waals surface area contributed by atoms with Crippen LogP contribution in [0.5, 0.6) is 17.2 Å². The van der Waals surface area contributed by atoms with Crippen LogP contribution >= 0.6 is 27.3 Å². The number of nitrogens with one attached hydrogen (secondary N) is 1. The molecule has 1 aromatic heterocycles. The number of ether oxygens (including phenoxy) is 3. The van der Waals surface area contributed by atoms with Crippen LogP contribution in [0.4, 0.5) is 0 Å². The number of thiazole rings is 1. The number of hydrogen-bond donors (Lipinski definition) is 1. The van der Waals surface area contributed by atoms with E-state index in [1.165, 1.54) is 11.3 Å². The van der Waals surface area contributed by atoms with E-state index in [0.29, 0.717) is 71.2 Å². The lowest BCUT2D eigenvalue weighted by atomic mass is 10.1. The first-order valence-electron chi connectivity index (χ1n) is 11.8. The molecule has 1 aliphatic carbocycles. The number of nitrogens with zero attached hydrogens (tertiary/aromatic N) is 2. The van der Waals surface area contributed by atoms with Crippen LogP contribution in [0.1, 0.15) is 33.7 Å². The molecule has 0 atom stereocenters. The monoisotopic (exact) mass is 571 g/mol. The predicted molar refractivity (Wildman–Crippen MR) is 140 cm³/mol. The minimum Gasteiger partial charge on any atom is -0.497 e. The number of amides is 2. The van der Waals surface area contributed by atoms with Gasteiger partial charge in [-0.3, -0.25) is 9.59 Å². The summed E-state index contributed by atoms with van der Waals surface area (Å²) in [5, 5.41) is 2.93. The van der Waals surface area contributed by atoms with Crippen molar-refractivity contribution in [2.75, 3.05) is 40.0 Å². The first kappa shape index (κ1) is 24.6. The number of halogens is 1. The quantitative estimate of drug-likeness (QED) is 0.402. The van der Waals surface area contributed by atoms with E-state index in [9.17, 15) is 9.59 Å². The first-order valence-corrected chi connectivity index (χ1v) is 13.4. The van der Waals surface area contributed by atoms with Gasteiger partial charge >= 0.3 is 0 Å². The van der Waals surface area contributed by atoms with Gasteiger partial charge in [-0.2, -0.15) is 0 Å². The average molecular weight is 572 g/mol. The SMILES string of the molecule is COc1cccc(-c2sc(Br)nc2C(=O)N(CCNC(=O)c2cccc3c2OCCO3)CC2CC2)c1. The third kappa shape index (κ3) is 5.49. The van der Waals surface area contributed by atoms with Crippen LogP contribution in [0, 0.1) is 5.92 Å². The summed E-state index contributed by atoms with van der Waals surface area (Å²) < 4.78 is 17.2. The standard InChI is InChI=1S/C26H26BrN3O5S/c1-33-18-5-2-4-17(14-18)23-21(29-26(27)36-23)25(32)30(15-16-8-9-16)11-10-28-24(31)19-6-3-7-20-22(19)35-13-12-34-20/h2-7,14,16H,8-13,15H2,1H3,(H,28,31). The number of benzene rings is 2. The van der Waals surface area contributed by atoms with Crippen molar-refractivity contribution in [1.82, 2.24) is 15.2 Å². The Bertz CT molecular complexity index is 1280. The van der Waals surface area contributed by atoms with E-state index in [4.69, 9.17) is 14.2 Å². The molecule has 188 valence electrons. The van der Waals surface area contributed by atoms with E-state index in [1.54, 1.807) is 30.2 Å². The molecule has 0 spiro atoms. The van der Waals surface area contributed by atoms with Gasteiger partial charge in [0.2, 0.25) is 0 Å². The molecular formula is C26H26BrN3O5S. The van der Waals surface area contributed by atoms with Gasteiger partial charge in [0.25, 0.3) is 11.8 Å². The Morgan fingerprint density at radius 2 is 2.00 bits per heavy atom. The molecule has 5 rings (SSSR count). The second-order valence-electron chi connectivity index (χ2n) is 8.66. The second kappa shape index (κ2) is 10.9. The van der Waals surface area contributed by atoms with Gasteiger partial charge in [0.1, 0.15) is 24.7 Å². The summed E-state index contributed by atoms with van der Waals surface area (Å²) >= 11 is 4.86. The molecule has 3 aromatic rings. The molecule has 2 aliphatic rings. The Hall–Kier alpha value is -3.11. The number of rotatable bonds is 9. The molecule has 36 heavy (non-hydrogen) atoms. The van der Waals surface area contributed by atoms with E-state index in [1.807, 2.05) is 24.3 Å². The van der Waals surface area contributed by atoms with Crippen molar-refractivity contribution in [3.05, 3.63) is 57.6 Å². The van der Waals surface area contributed by atoms with E-state index in [-0.39, 0.29) is 11.8 Å². The first-order chi connectivity index (χ1) is 17.5. The van der Waals surface area contributed by atoms with Crippen molar-refractivity contribution in [3.8, 4) is 27.7 Å². The van der Waals surface area contributed by atoms with Crippen LogP contribution in [-0.4, -0.2) is 61.7 Å². The number of methoxy groups -OCH3 is 1. The van der Waals surface area contributed by atoms with Gasteiger partial charge in [0, 0.05) is 19.6 Å². The third-order valence-corrected chi connectivity index (χ3v) is 7.63. The summed E-state index contributed by atoms with van der Waals surface area (Å²) in [7, 11) is 1.61. The third-order valence-electron chi connectivity index (χ3n) is 6.08. The van der Waals surface area contributed by atoms with Crippen LogP contribution in [0.25, 0.3) is 10.4 Å². The second-order valence-corrected chi connectivity index (χ2v) is 10.9. The zero-order valence-electron chi connectivity index (χ0n) is 19.8. The van der Waals surface area contributed by atoms with Gasteiger partial charge in [-0.25, -0.2) is 4.98 Å². The largest absolute Gasteiger partial charge is 0.497 e. The van der Waals surface area contributed by atoms with Crippen molar-refractivity contribution in [2.24, 2.45) is 5.92 Å². The van der Waals surface area contributed by atoms with Crippen LogP contribution in [-0.2, 0) is 0 Å². The summed E-state index contributed by atoms with van der Waals surface area (Å²) in [6, 6.07) is 12.9. The van der Waals surface area contributed by atoms with Crippen molar-refractivity contribution < 1.29 is 23.8 Å². The maximum absolute atomic E-state index is 13.7. The highest BCUT2D eigenvalue weighted by Crippen LogP contribution is 2.37. The summed E-state index contributed by atoms with van der Waals surface area (Å²) in [6.45, 7) is 2.18. The van der Waals surface area contributed by atoms with Crippen LogP contribution in [0.15, 0.2) is 46.4 Å². The van der Waals surface area contributed by atoms with Crippen molar-refractivity contribution >= 4 is 39.1 Å². The Balaban J connectivity index is 1.31. The zero-order valence-corrected chi connectivity index (χ0v) is 22.2. The summed E-state index contributed by atoms with van der Waals surface area (Å²) in [5.41, 5.74) is 1.70. The van der Waals surface area contributed by atoms with Gasteiger partial charge in [0.15, 0.2) is 15.4 Å². The molecular weight excluding hydrogens is 546 g/mol. The molecule has 10 heteroatoms. The number of fused-ring (bicyclic) bond motifs is 1. The highest BCUT2D eigenvalue weighted by Gasteiger charge is 2.30. The fourth-order valence-electron chi connectivity index (χ4n) is 4.09. The van der Waals surface area contributed by atoms with Crippen LogP contribution in [0.2, 0.25) is 0 Å². The Kier molecular flexibility index (Phi) is 7.43. The minimum absolute atomic E-state index is 0.148. The lowest BCUT2D eigenvalue weighted by Gasteiger charge is -2.23. The molecule has 1 N–H and O–H groups in total. The molecule has 1 saturated carbocycles. The maximum atomic E-state index is 13.7. The Morgan fingerprint density at radius 3 is 2.81 bits per heavy atom. The van der Waals surface area contributed by atoms with Crippen LogP contribution < -0.4 is 19.5 Å². The number of carbonyl (C=O) groups excluding carboxylic acids is 2. The van der Waals surface area contributed by atoms with Gasteiger partial charge in [-0.15, -0.1) is 11.3 Å². The van der Waals surface area contributed by atoms with Crippen LogP contribution in [0.3, 0.4) is 0 Å². The van der Waals surface area contributed by atoms with E-state index < -0.39 is 0 Å². The summed E-state index contributed by atoms with van der Waals surface area (Å²) in [5.74, 6) is 1.82. The van der Waals surface area contributed by atoms with E-state index >= 15 is 0 Å². The molecule has 0 bridgehead atoms. The molecule has 0 unspecified atom stereocenters. The molecule has 2 aromatic carbocycles. The average Bonchev–Trinajstić information content (AvgIpc) is 3.65. The molecule has 8 nitrogen and oxygen atoms in total. The maximum Gasteiger partial charge on any atom is 0.274 e. The topological polar surface area (TPSA) is 90.0 Å². The fraction of sp³-hybridized carbons (Fsp3) is 0.346. The lowest BCUT2D eigenvalue weighted by molar-refractivity contribution is 0.0736. The molecule has 0 saturated heterocycles. The zero-order chi connectivity index (χ0) is 25.1. The molecule has 1 fully saturated rings. The molecule has 2 heterocycles. The predicted octanol–water partition coefficient (Wildman–Crippen LogP) is 4.63. The molecule has 0 radical (unpaired) electrons. The number of para-hydroxylation sites is 1. The van der Waals surface area contributed by atoms with Gasteiger partial charge in [0.05, 0.1) is 17.6 Å². The highest BCUT2D eigenvalue weighted by atomic mass is 79.9. The normalized spacial score (nSPS) is 14.3. The van der Waals surface area contributed by atoms with Crippen molar-refractivity contribution in [3.63, 3.8) is 0 Å². The molecule has 2 amide bonds.